The molecule has 0 amide bonds. The molecule has 1 atom stereocenters. The van der Waals surface area contributed by atoms with E-state index in [2.05, 4.69) is 39.3 Å². The summed E-state index contributed by atoms with van der Waals surface area (Å²) in [6.07, 6.45) is 4.47. The van der Waals surface area contributed by atoms with Crippen LogP contribution in [0.2, 0.25) is 0 Å². The minimum atomic E-state index is 0.245. The molecule has 0 spiro atoms. The monoisotopic (exact) mass is 230 g/mol. The normalized spacial score (nSPS) is 12.6. The van der Waals surface area contributed by atoms with Crippen molar-refractivity contribution in [1.82, 2.24) is 20.3 Å². The Hall–Kier alpha value is -1.68. The average Bonchev–Trinajstić information content (AvgIpc) is 2.79. The summed E-state index contributed by atoms with van der Waals surface area (Å²) in [6, 6.07) is 4.44. The van der Waals surface area contributed by atoms with Crippen LogP contribution in [-0.2, 0) is 6.42 Å². The molecule has 0 radical (unpaired) electrons. The highest BCUT2D eigenvalue weighted by Gasteiger charge is 2.14. The Kier molecular flexibility index (Phi) is 3.54. The van der Waals surface area contributed by atoms with E-state index in [0.29, 0.717) is 0 Å². The number of rotatable bonds is 4. The topological polar surface area (TPSA) is 53.6 Å². The second kappa shape index (κ2) is 5.10. The van der Waals surface area contributed by atoms with Gasteiger partial charge in [-0.25, -0.2) is 4.98 Å². The zero-order valence-electron chi connectivity index (χ0n) is 10.5. The number of hydrogen-bond donors (Lipinski definition) is 2. The van der Waals surface area contributed by atoms with E-state index in [1.165, 1.54) is 5.56 Å². The third-order valence-corrected chi connectivity index (χ3v) is 2.94. The molecule has 4 nitrogen and oxygen atoms in total. The fraction of sp³-hybridized carbons (Fsp3) is 0.385. The number of nitrogens with one attached hydrogen (secondary N) is 2. The van der Waals surface area contributed by atoms with Gasteiger partial charge in [0.1, 0.15) is 5.82 Å². The number of hydrogen-bond acceptors (Lipinski definition) is 3. The molecule has 17 heavy (non-hydrogen) atoms. The number of H-pyrrole nitrogens is 1. The Morgan fingerprint density at radius 1 is 1.35 bits per heavy atom. The van der Waals surface area contributed by atoms with Crippen molar-refractivity contribution in [1.29, 1.82) is 0 Å². The Balaban J connectivity index is 2.23. The average molecular weight is 230 g/mol. The lowest BCUT2D eigenvalue weighted by atomic mass is 10.0. The van der Waals surface area contributed by atoms with E-state index in [0.717, 1.165) is 23.6 Å². The maximum Gasteiger partial charge on any atom is 0.107 e. The van der Waals surface area contributed by atoms with Gasteiger partial charge < -0.3 is 10.3 Å². The molecule has 0 aromatic carbocycles. The van der Waals surface area contributed by atoms with Gasteiger partial charge in [-0.05, 0) is 32.5 Å². The molecule has 2 rings (SSSR count). The second-order valence-corrected chi connectivity index (χ2v) is 4.21. The molecule has 90 valence electrons. The van der Waals surface area contributed by atoms with Crippen LogP contribution < -0.4 is 5.32 Å². The van der Waals surface area contributed by atoms with Crippen molar-refractivity contribution in [3.05, 3.63) is 47.3 Å². The van der Waals surface area contributed by atoms with Crippen LogP contribution in [0.1, 0.15) is 28.8 Å². The minimum Gasteiger partial charge on any atom is -0.349 e. The van der Waals surface area contributed by atoms with Gasteiger partial charge in [0, 0.05) is 36.2 Å². The predicted octanol–water partition coefficient (Wildman–Crippen LogP) is 1.92. The molecule has 0 aliphatic rings. The maximum absolute atomic E-state index is 4.50. The zero-order valence-corrected chi connectivity index (χ0v) is 10.5. The fourth-order valence-corrected chi connectivity index (χ4v) is 2.04. The molecule has 2 aromatic heterocycles. The van der Waals surface area contributed by atoms with Crippen molar-refractivity contribution in [3.63, 3.8) is 0 Å². The Morgan fingerprint density at radius 3 is 2.76 bits per heavy atom. The van der Waals surface area contributed by atoms with Crippen LogP contribution in [0.4, 0.5) is 0 Å². The number of aromatic nitrogens is 3. The molecular formula is C13H18N4. The van der Waals surface area contributed by atoms with Crippen LogP contribution in [0.25, 0.3) is 0 Å². The Morgan fingerprint density at radius 2 is 2.18 bits per heavy atom. The van der Waals surface area contributed by atoms with E-state index in [1.54, 1.807) is 6.20 Å². The minimum absolute atomic E-state index is 0.245. The van der Waals surface area contributed by atoms with E-state index in [-0.39, 0.29) is 6.04 Å². The quantitative estimate of drug-likeness (QED) is 0.843. The van der Waals surface area contributed by atoms with Crippen molar-refractivity contribution in [2.45, 2.75) is 26.3 Å². The van der Waals surface area contributed by atoms with Crippen molar-refractivity contribution < 1.29 is 0 Å². The third-order valence-electron chi connectivity index (χ3n) is 2.94. The lowest BCUT2D eigenvalue weighted by Crippen LogP contribution is -2.21. The zero-order chi connectivity index (χ0) is 12.3. The van der Waals surface area contributed by atoms with Gasteiger partial charge >= 0.3 is 0 Å². The number of aromatic amines is 1. The van der Waals surface area contributed by atoms with Gasteiger partial charge in [0.15, 0.2) is 0 Å². The van der Waals surface area contributed by atoms with E-state index in [9.17, 15) is 0 Å². The van der Waals surface area contributed by atoms with Gasteiger partial charge in [0.05, 0.1) is 0 Å². The fourth-order valence-electron chi connectivity index (χ4n) is 2.04. The van der Waals surface area contributed by atoms with Gasteiger partial charge in [0.2, 0.25) is 0 Å². The summed E-state index contributed by atoms with van der Waals surface area (Å²) in [6.45, 7) is 4.06. The van der Waals surface area contributed by atoms with Crippen LogP contribution in [0.3, 0.4) is 0 Å². The van der Waals surface area contributed by atoms with Crippen molar-refractivity contribution >= 4 is 0 Å². The van der Waals surface area contributed by atoms with Gasteiger partial charge in [-0.3, -0.25) is 4.98 Å². The van der Waals surface area contributed by atoms with Crippen LogP contribution in [0.5, 0.6) is 0 Å². The first-order valence-electron chi connectivity index (χ1n) is 5.80. The summed E-state index contributed by atoms with van der Waals surface area (Å²) in [4.78, 5) is 11.9. The standard InChI is InChI=1S/C13H18N4/c1-9-4-5-11(10(2)17-9)12(14-3)8-13-15-6-7-16-13/h4-7,12,14H,8H2,1-3H3,(H,15,16). The third kappa shape index (κ3) is 2.71. The SMILES string of the molecule is CNC(Cc1ncc[nH]1)c1ccc(C)nc1C. The molecule has 0 aliphatic carbocycles. The highest BCUT2D eigenvalue weighted by molar-refractivity contribution is 5.25. The highest BCUT2D eigenvalue weighted by Crippen LogP contribution is 2.19. The van der Waals surface area contributed by atoms with Crippen LogP contribution in [0, 0.1) is 13.8 Å². The first kappa shape index (κ1) is 11.8. The number of nitrogens with zero attached hydrogens (tertiary/aromatic N) is 2. The van der Waals surface area contributed by atoms with Crippen molar-refractivity contribution in [2.75, 3.05) is 7.05 Å². The Bertz CT molecular complexity index is 476. The van der Waals surface area contributed by atoms with Gasteiger partial charge in [-0.2, -0.15) is 0 Å². The van der Waals surface area contributed by atoms with Gasteiger partial charge in [-0.15, -0.1) is 0 Å². The number of likely N-dealkylation sites (N-methyl/N-ethyl adjacent to an activating group) is 1. The summed E-state index contributed by atoms with van der Waals surface area (Å²) in [7, 11) is 1.97. The predicted molar refractivity (Wildman–Crippen MR) is 67.8 cm³/mol. The molecule has 0 bridgehead atoms. The first-order valence-corrected chi connectivity index (χ1v) is 5.80. The van der Waals surface area contributed by atoms with Crippen molar-refractivity contribution in [3.8, 4) is 0 Å². The molecule has 4 heteroatoms. The van der Waals surface area contributed by atoms with E-state index >= 15 is 0 Å². The maximum atomic E-state index is 4.50. The largest absolute Gasteiger partial charge is 0.349 e. The molecule has 0 fully saturated rings. The van der Waals surface area contributed by atoms with Gasteiger partial charge in [-0.1, -0.05) is 6.07 Å². The molecule has 0 aliphatic heterocycles. The summed E-state index contributed by atoms with van der Waals surface area (Å²) >= 11 is 0. The second-order valence-electron chi connectivity index (χ2n) is 4.21. The van der Waals surface area contributed by atoms with Crippen LogP contribution in [-0.4, -0.2) is 22.0 Å². The van der Waals surface area contributed by atoms with E-state index < -0.39 is 0 Å². The summed E-state index contributed by atoms with van der Waals surface area (Å²) in [5.41, 5.74) is 3.37. The smallest absolute Gasteiger partial charge is 0.107 e. The van der Waals surface area contributed by atoms with E-state index in [1.807, 2.05) is 20.2 Å². The molecule has 2 N–H and O–H groups in total. The van der Waals surface area contributed by atoms with Crippen molar-refractivity contribution in [2.24, 2.45) is 0 Å². The summed E-state index contributed by atoms with van der Waals surface area (Å²) in [5.74, 6) is 0.990. The number of imidazole rings is 1. The summed E-state index contributed by atoms with van der Waals surface area (Å²) in [5, 5.41) is 3.32. The number of pyridine rings is 1. The molecule has 2 aromatic rings. The molecule has 1 unspecified atom stereocenters. The van der Waals surface area contributed by atoms with Crippen LogP contribution >= 0.6 is 0 Å². The highest BCUT2D eigenvalue weighted by atomic mass is 14.9. The summed E-state index contributed by atoms with van der Waals surface area (Å²) < 4.78 is 0. The lowest BCUT2D eigenvalue weighted by Gasteiger charge is -2.17. The van der Waals surface area contributed by atoms with E-state index in [4.69, 9.17) is 0 Å². The van der Waals surface area contributed by atoms with Crippen LogP contribution in [0.15, 0.2) is 24.5 Å². The molecule has 0 saturated heterocycles. The molecule has 2 heterocycles. The van der Waals surface area contributed by atoms with Gasteiger partial charge in [0.25, 0.3) is 0 Å². The first-order chi connectivity index (χ1) is 8.20. The molecular weight excluding hydrogens is 212 g/mol. The number of aryl methyl sites for hydroxylation is 2. The lowest BCUT2D eigenvalue weighted by molar-refractivity contribution is 0.572. The Labute approximate surface area is 102 Å². The molecule has 0 saturated carbocycles.